The van der Waals surface area contributed by atoms with Gasteiger partial charge in [-0.15, -0.1) is 10.2 Å². The Hall–Kier alpha value is -2.11. The first-order valence-corrected chi connectivity index (χ1v) is 7.56. The highest BCUT2D eigenvalue weighted by Gasteiger charge is 2.31. The molecule has 1 aliphatic carbocycles. The van der Waals surface area contributed by atoms with Crippen LogP contribution in [0.25, 0.3) is 0 Å². The van der Waals surface area contributed by atoms with Crippen molar-refractivity contribution < 1.29 is 9.21 Å². The monoisotopic (exact) mass is 286 g/mol. The molecule has 1 fully saturated rings. The van der Waals surface area contributed by atoms with Crippen LogP contribution in [0.2, 0.25) is 0 Å². The van der Waals surface area contributed by atoms with Crippen LogP contribution in [0.15, 0.2) is 23.0 Å². The van der Waals surface area contributed by atoms with Gasteiger partial charge in [0.05, 0.1) is 11.8 Å². The van der Waals surface area contributed by atoms with Gasteiger partial charge in [-0.25, -0.2) is 0 Å². The van der Waals surface area contributed by atoms with Crippen molar-refractivity contribution in [2.24, 2.45) is 0 Å². The summed E-state index contributed by atoms with van der Waals surface area (Å²) in [7, 11) is 0. The van der Waals surface area contributed by atoms with E-state index in [1.165, 1.54) is 25.4 Å². The Balaban J connectivity index is 1.43. The second-order valence-corrected chi connectivity index (χ2v) is 5.91. The molecule has 6 heteroatoms. The normalized spacial score (nSPS) is 21.6. The Kier molecular flexibility index (Phi) is 3.02. The summed E-state index contributed by atoms with van der Waals surface area (Å²) in [5.74, 6) is 2.76. The third-order valence-electron chi connectivity index (χ3n) is 4.33. The van der Waals surface area contributed by atoms with Gasteiger partial charge in [-0.2, -0.15) is 0 Å². The van der Waals surface area contributed by atoms with Crippen molar-refractivity contribution in [3.63, 3.8) is 0 Å². The molecule has 1 atom stereocenters. The second kappa shape index (κ2) is 5.02. The molecule has 0 aromatic carbocycles. The molecule has 21 heavy (non-hydrogen) atoms. The van der Waals surface area contributed by atoms with Crippen LogP contribution in [0, 0.1) is 0 Å². The van der Waals surface area contributed by atoms with Gasteiger partial charge in [0, 0.05) is 24.9 Å². The SMILES string of the molecule is O=C(NC1CCc2nnc(C3CC3)n2CC1)c1ccoc1. The third kappa shape index (κ3) is 2.46. The van der Waals surface area contributed by atoms with Crippen molar-refractivity contribution in [3.05, 3.63) is 35.8 Å². The van der Waals surface area contributed by atoms with Crippen molar-refractivity contribution >= 4 is 5.91 Å². The average Bonchev–Trinajstić information content (AvgIpc) is 3.09. The van der Waals surface area contributed by atoms with E-state index in [0.717, 1.165) is 37.5 Å². The maximum atomic E-state index is 12.1. The maximum absolute atomic E-state index is 12.1. The van der Waals surface area contributed by atoms with E-state index < -0.39 is 0 Å². The van der Waals surface area contributed by atoms with Crippen molar-refractivity contribution in [2.45, 2.75) is 50.6 Å². The molecule has 1 amide bonds. The minimum absolute atomic E-state index is 0.0613. The molecule has 1 N–H and O–H groups in total. The summed E-state index contributed by atoms with van der Waals surface area (Å²) in [5.41, 5.74) is 0.581. The van der Waals surface area contributed by atoms with Crippen LogP contribution in [0.4, 0.5) is 0 Å². The molecule has 6 nitrogen and oxygen atoms in total. The van der Waals surface area contributed by atoms with Crippen molar-refractivity contribution in [2.75, 3.05) is 0 Å². The molecule has 1 saturated carbocycles. The summed E-state index contributed by atoms with van der Waals surface area (Å²) in [5, 5.41) is 11.8. The van der Waals surface area contributed by atoms with Gasteiger partial charge in [-0.3, -0.25) is 4.79 Å². The highest BCUT2D eigenvalue weighted by Crippen LogP contribution is 2.39. The molecular weight excluding hydrogens is 268 g/mol. The van der Waals surface area contributed by atoms with Crippen LogP contribution in [0.5, 0.6) is 0 Å². The van der Waals surface area contributed by atoms with Gasteiger partial charge in [-0.05, 0) is 31.7 Å². The number of aromatic nitrogens is 3. The number of aryl methyl sites for hydroxylation is 1. The molecule has 1 aliphatic heterocycles. The van der Waals surface area contributed by atoms with Gasteiger partial charge in [-0.1, -0.05) is 0 Å². The molecule has 3 heterocycles. The number of carbonyl (C=O) groups excluding carboxylic acids is 1. The van der Waals surface area contributed by atoms with E-state index in [9.17, 15) is 4.79 Å². The maximum Gasteiger partial charge on any atom is 0.254 e. The van der Waals surface area contributed by atoms with Gasteiger partial charge in [0.15, 0.2) is 0 Å². The average molecular weight is 286 g/mol. The summed E-state index contributed by atoms with van der Waals surface area (Å²) < 4.78 is 7.22. The molecule has 0 radical (unpaired) electrons. The smallest absolute Gasteiger partial charge is 0.254 e. The van der Waals surface area contributed by atoms with E-state index in [4.69, 9.17) is 4.42 Å². The zero-order valence-electron chi connectivity index (χ0n) is 11.8. The van der Waals surface area contributed by atoms with Crippen LogP contribution in [-0.2, 0) is 13.0 Å². The fourth-order valence-corrected chi connectivity index (χ4v) is 2.96. The molecule has 0 bridgehead atoms. The fourth-order valence-electron chi connectivity index (χ4n) is 2.96. The molecule has 0 spiro atoms. The lowest BCUT2D eigenvalue weighted by atomic mass is 10.1. The van der Waals surface area contributed by atoms with Crippen molar-refractivity contribution in [3.8, 4) is 0 Å². The number of carbonyl (C=O) groups is 1. The minimum Gasteiger partial charge on any atom is -0.472 e. The minimum atomic E-state index is -0.0613. The number of fused-ring (bicyclic) bond motifs is 1. The molecule has 4 rings (SSSR count). The van der Waals surface area contributed by atoms with Gasteiger partial charge >= 0.3 is 0 Å². The number of amides is 1. The number of nitrogens with one attached hydrogen (secondary N) is 1. The Bertz CT molecular complexity index is 643. The van der Waals surface area contributed by atoms with Crippen LogP contribution >= 0.6 is 0 Å². The van der Waals surface area contributed by atoms with Gasteiger partial charge in [0.25, 0.3) is 5.91 Å². The van der Waals surface area contributed by atoms with E-state index in [0.29, 0.717) is 11.5 Å². The number of rotatable bonds is 3. The van der Waals surface area contributed by atoms with E-state index in [-0.39, 0.29) is 11.9 Å². The third-order valence-corrected chi connectivity index (χ3v) is 4.33. The quantitative estimate of drug-likeness (QED) is 0.935. The summed E-state index contributed by atoms with van der Waals surface area (Å²) in [6, 6.07) is 1.87. The summed E-state index contributed by atoms with van der Waals surface area (Å²) in [4.78, 5) is 12.1. The van der Waals surface area contributed by atoms with Gasteiger partial charge in [0.2, 0.25) is 0 Å². The Labute approximate surface area is 122 Å². The van der Waals surface area contributed by atoms with Gasteiger partial charge in [0.1, 0.15) is 17.9 Å². The van der Waals surface area contributed by atoms with Gasteiger partial charge < -0.3 is 14.3 Å². The Morgan fingerprint density at radius 3 is 2.95 bits per heavy atom. The second-order valence-electron chi connectivity index (χ2n) is 5.91. The molecular formula is C15H18N4O2. The summed E-state index contributed by atoms with van der Waals surface area (Å²) >= 11 is 0. The predicted octanol–water partition coefficient (Wildman–Crippen LogP) is 1.88. The zero-order valence-corrected chi connectivity index (χ0v) is 11.8. The van der Waals surface area contributed by atoms with E-state index in [2.05, 4.69) is 20.1 Å². The van der Waals surface area contributed by atoms with Crippen molar-refractivity contribution in [1.29, 1.82) is 0 Å². The summed E-state index contributed by atoms with van der Waals surface area (Å²) in [6.07, 6.45) is 8.17. The number of nitrogens with zero attached hydrogens (tertiary/aromatic N) is 3. The van der Waals surface area contributed by atoms with Crippen LogP contribution < -0.4 is 5.32 Å². The molecule has 2 aromatic rings. The van der Waals surface area contributed by atoms with E-state index >= 15 is 0 Å². The predicted molar refractivity (Wildman–Crippen MR) is 74.9 cm³/mol. The molecule has 2 aromatic heterocycles. The Morgan fingerprint density at radius 1 is 1.29 bits per heavy atom. The lowest BCUT2D eigenvalue weighted by molar-refractivity contribution is 0.0932. The standard InChI is InChI=1S/C15H18N4O2/c20-15(11-6-8-21-9-11)16-12-3-4-13-17-18-14(10-1-2-10)19(13)7-5-12/h6,8-10,12H,1-5,7H2,(H,16,20). The lowest BCUT2D eigenvalue weighted by Gasteiger charge is -2.15. The lowest BCUT2D eigenvalue weighted by Crippen LogP contribution is -2.35. The number of furan rings is 1. The highest BCUT2D eigenvalue weighted by atomic mass is 16.3. The van der Waals surface area contributed by atoms with Crippen LogP contribution in [0.3, 0.4) is 0 Å². The Morgan fingerprint density at radius 2 is 2.19 bits per heavy atom. The number of hydrogen-bond donors (Lipinski definition) is 1. The molecule has 0 saturated heterocycles. The van der Waals surface area contributed by atoms with Crippen molar-refractivity contribution in [1.82, 2.24) is 20.1 Å². The zero-order chi connectivity index (χ0) is 14.2. The highest BCUT2D eigenvalue weighted by molar-refractivity contribution is 5.93. The first-order valence-electron chi connectivity index (χ1n) is 7.56. The first-order chi connectivity index (χ1) is 10.3. The number of hydrogen-bond acceptors (Lipinski definition) is 4. The largest absolute Gasteiger partial charge is 0.472 e. The molecule has 110 valence electrons. The van der Waals surface area contributed by atoms with E-state index in [1.54, 1.807) is 6.07 Å². The van der Waals surface area contributed by atoms with Crippen LogP contribution in [0.1, 0.15) is 53.6 Å². The topological polar surface area (TPSA) is 73.0 Å². The van der Waals surface area contributed by atoms with E-state index in [1.807, 2.05) is 0 Å². The fraction of sp³-hybridized carbons (Fsp3) is 0.533. The summed E-state index contributed by atoms with van der Waals surface area (Å²) in [6.45, 7) is 0.893. The first kappa shape index (κ1) is 12.6. The molecule has 1 unspecified atom stereocenters. The molecule has 2 aliphatic rings. The van der Waals surface area contributed by atoms with Crippen LogP contribution in [-0.4, -0.2) is 26.7 Å².